The van der Waals surface area contributed by atoms with Gasteiger partial charge in [-0.05, 0) is 103 Å². The van der Waals surface area contributed by atoms with Crippen LogP contribution < -0.4 is 18.9 Å². The molecule has 37 heavy (non-hydrogen) atoms. The van der Waals surface area contributed by atoms with E-state index in [1.807, 2.05) is 19.9 Å². The van der Waals surface area contributed by atoms with Crippen molar-refractivity contribution in [2.75, 3.05) is 13.7 Å². The van der Waals surface area contributed by atoms with Crippen LogP contribution in [0.5, 0.6) is 23.0 Å². The van der Waals surface area contributed by atoms with Crippen LogP contribution in [0.4, 0.5) is 0 Å². The molecule has 0 aromatic heterocycles. The lowest BCUT2D eigenvalue weighted by atomic mass is 9.97. The van der Waals surface area contributed by atoms with Gasteiger partial charge in [-0.2, -0.15) is 0 Å². The average molecular weight is 511 g/mol. The van der Waals surface area contributed by atoms with E-state index in [1.54, 1.807) is 71.9 Å². The van der Waals surface area contributed by atoms with Gasteiger partial charge < -0.3 is 18.9 Å². The van der Waals surface area contributed by atoms with Gasteiger partial charge in [-0.25, -0.2) is 0 Å². The molecule has 2 rings (SSSR count). The van der Waals surface area contributed by atoms with Gasteiger partial charge in [0.1, 0.15) is 5.75 Å². The van der Waals surface area contributed by atoms with Crippen LogP contribution in [-0.4, -0.2) is 31.4 Å². The SMILES string of the molecule is CCOc1c(C=CC(=O)c2ccc(OC(=O)C(C)(C)C)cc2)cc(CC)c(OC(=O)C(C)(C)C)c1OC. The van der Waals surface area contributed by atoms with Crippen molar-refractivity contribution in [3.8, 4) is 23.0 Å². The quantitative estimate of drug-likeness (QED) is 0.166. The first kappa shape index (κ1) is 29.6. The maximum Gasteiger partial charge on any atom is 0.316 e. The number of aryl methyl sites for hydroxylation is 1. The molecule has 0 aliphatic heterocycles. The summed E-state index contributed by atoms with van der Waals surface area (Å²) in [6.45, 7) is 14.8. The summed E-state index contributed by atoms with van der Waals surface area (Å²) in [5, 5.41) is 0. The van der Waals surface area contributed by atoms with Gasteiger partial charge in [0.2, 0.25) is 5.75 Å². The highest BCUT2D eigenvalue weighted by Crippen LogP contribution is 2.44. The highest BCUT2D eigenvalue weighted by atomic mass is 16.6. The van der Waals surface area contributed by atoms with E-state index in [4.69, 9.17) is 18.9 Å². The number of benzene rings is 2. The van der Waals surface area contributed by atoms with Crippen LogP contribution in [0, 0.1) is 10.8 Å². The molecular weight excluding hydrogens is 472 g/mol. The predicted octanol–water partition coefficient (Wildman–Crippen LogP) is 6.46. The number of carbonyl (C=O) groups excluding carboxylic acids is 3. The summed E-state index contributed by atoms with van der Waals surface area (Å²) in [6, 6.07) is 8.22. The fourth-order valence-corrected chi connectivity index (χ4v) is 3.13. The third-order valence-electron chi connectivity index (χ3n) is 5.35. The standard InChI is InChI=1S/C30H38O7/c1-10-19-18-21(24(35-11-2)26(34-9)25(19)37-28(33)30(6,7)8)14-17-23(31)20-12-15-22(16-13-20)36-27(32)29(3,4)5/h12-18H,10-11H2,1-9H3. The van der Waals surface area contributed by atoms with Crippen LogP contribution in [-0.2, 0) is 16.0 Å². The third-order valence-corrected chi connectivity index (χ3v) is 5.35. The van der Waals surface area contributed by atoms with E-state index in [9.17, 15) is 14.4 Å². The molecule has 0 spiro atoms. The van der Waals surface area contributed by atoms with E-state index in [2.05, 4.69) is 0 Å². The van der Waals surface area contributed by atoms with Gasteiger partial charge in [-0.3, -0.25) is 14.4 Å². The molecule has 0 radical (unpaired) electrons. The predicted molar refractivity (Wildman–Crippen MR) is 144 cm³/mol. The monoisotopic (exact) mass is 510 g/mol. The molecule has 0 aliphatic rings. The Hall–Kier alpha value is -3.61. The van der Waals surface area contributed by atoms with Gasteiger partial charge in [0.15, 0.2) is 17.3 Å². The second kappa shape index (κ2) is 12.1. The lowest BCUT2D eigenvalue weighted by molar-refractivity contribution is -0.143. The fraction of sp³-hybridized carbons (Fsp3) is 0.433. The lowest BCUT2D eigenvalue weighted by Gasteiger charge is -2.22. The Labute approximate surface area is 219 Å². The largest absolute Gasteiger partial charge is 0.490 e. The summed E-state index contributed by atoms with van der Waals surface area (Å²) in [5.41, 5.74) is 0.468. The van der Waals surface area contributed by atoms with Crippen molar-refractivity contribution in [3.63, 3.8) is 0 Å². The van der Waals surface area contributed by atoms with Gasteiger partial charge in [-0.15, -0.1) is 0 Å². The Kier molecular flexibility index (Phi) is 9.67. The maximum atomic E-state index is 12.9. The summed E-state index contributed by atoms with van der Waals surface area (Å²) in [4.78, 5) is 37.6. The van der Waals surface area contributed by atoms with Crippen LogP contribution in [0.25, 0.3) is 6.08 Å². The number of esters is 2. The number of allylic oxidation sites excluding steroid dienone is 1. The molecule has 200 valence electrons. The van der Waals surface area contributed by atoms with Gasteiger partial charge in [0, 0.05) is 11.1 Å². The molecule has 2 aromatic rings. The first-order valence-electron chi connectivity index (χ1n) is 12.4. The molecule has 0 unspecified atom stereocenters. The fourth-order valence-electron chi connectivity index (χ4n) is 3.13. The molecule has 0 heterocycles. The number of rotatable bonds is 9. The summed E-state index contributed by atoms with van der Waals surface area (Å²) in [6.07, 6.45) is 3.66. The van der Waals surface area contributed by atoms with E-state index >= 15 is 0 Å². The van der Waals surface area contributed by atoms with Crippen molar-refractivity contribution in [2.45, 2.75) is 61.8 Å². The van der Waals surface area contributed by atoms with Crippen molar-refractivity contribution < 1.29 is 33.3 Å². The zero-order valence-electron chi connectivity index (χ0n) is 23.3. The van der Waals surface area contributed by atoms with Crippen molar-refractivity contribution in [2.24, 2.45) is 10.8 Å². The first-order chi connectivity index (χ1) is 17.2. The summed E-state index contributed by atoms with van der Waals surface area (Å²) >= 11 is 0. The molecule has 7 heteroatoms. The van der Waals surface area contributed by atoms with Gasteiger partial charge >= 0.3 is 11.9 Å². The molecule has 7 nitrogen and oxygen atoms in total. The van der Waals surface area contributed by atoms with Gasteiger partial charge in [0.05, 0.1) is 24.5 Å². The van der Waals surface area contributed by atoms with E-state index < -0.39 is 16.8 Å². The zero-order valence-corrected chi connectivity index (χ0v) is 23.3. The van der Waals surface area contributed by atoms with E-state index in [-0.39, 0.29) is 11.8 Å². The van der Waals surface area contributed by atoms with Crippen molar-refractivity contribution in [1.82, 2.24) is 0 Å². The second-order valence-electron chi connectivity index (χ2n) is 10.6. The summed E-state index contributed by atoms with van der Waals surface area (Å²) in [5.74, 6) is 0.388. The van der Waals surface area contributed by atoms with Crippen LogP contribution in [0.1, 0.15) is 76.9 Å². The number of hydrogen-bond acceptors (Lipinski definition) is 7. The Morgan fingerprint density at radius 2 is 1.38 bits per heavy atom. The number of ketones is 1. The molecule has 2 aromatic carbocycles. The van der Waals surface area contributed by atoms with Gasteiger partial charge in [-0.1, -0.05) is 6.92 Å². The highest BCUT2D eigenvalue weighted by molar-refractivity contribution is 6.07. The van der Waals surface area contributed by atoms with Crippen LogP contribution in [0.3, 0.4) is 0 Å². The van der Waals surface area contributed by atoms with E-state index in [0.717, 1.165) is 5.56 Å². The van der Waals surface area contributed by atoms with Crippen molar-refractivity contribution in [1.29, 1.82) is 0 Å². The molecule has 0 saturated carbocycles. The summed E-state index contributed by atoms with van der Waals surface area (Å²) in [7, 11) is 1.48. The van der Waals surface area contributed by atoms with Crippen molar-refractivity contribution >= 4 is 23.8 Å². The normalized spacial score (nSPS) is 11.8. The number of methoxy groups -OCH3 is 1. The second-order valence-corrected chi connectivity index (χ2v) is 10.6. The minimum Gasteiger partial charge on any atom is -0.490 e. The van der Waals surface area contributed by atoms with Crippen LogP contribution >= 0.6 is 0 Å². The number of ether oxygens (including phenoxy) is 4. The van der Waals surface area contributed by atoms with Gasteiger partial charge in [0.25, 0.3) is 0 Å². The Bertz CT molecular complexity index is 1160. The molecule has 0 N–H and O–H groups in total. The number of carbonyl (C=O) groups is 3. The third kappa shape index (κ3) is 7.68. The molecule has 0 bridgehead atoms. The minimum absolute atomic E-state index is 0.239. The lowest BCUT2D eigenvalue weighted by Crippen LogP contribution is -2.26. The Morgan fingerprint density at radius 1 is 0.811 bits per heavy atom. The Balaban J connectivity index is 2.39. The molecule has 0 amide bonds. The maximum absolute atomic E-state index is 12.9. The van der Waals surface area contributed by atoms with Crippen LogP contribution in [0.15, 0.2) is 36.4 Å². The first-order valence-corrected chi connectivity index (χ1v) is 12.4. The smallest absolute Gasteiger partial charge is 0.316 e. The topological polar surface area (TPSA) is 88.1 Å². The summed E-state index contributed by atoms with van der Waals surface area (Å²) < 4.78 is 22.6. The minimum atomic E-state index is -0.701. The molecule has 0 aliphatic carbocycles. The molecular formula is C30H38O7. The highest BCUT2D eigenvalue weighted by Gasteiger charge is 2.28. The molecule has 0 fully saturated rings. The van der Waals surface area contributed by atoms with E-state index in [0.29, 0.717) is 47.2 Å². The Morgan fingerprint density at radius 3 is 1.86 bits per heavy atom. The zero-order chi connectivity index (χ0) is 28.0. The van der Waals surface area contributed by atoms with E-state index in [1.165, 1.54) is 13.2 Å². The van der Waals surface area contributed by atoms with Crippen LogP contribution in [0.2, 0.25) is 0 Å². The van der Waals surface area contributed by atoms with Crippen molar-refractivity contribution in [3.05, 3.63) is 53.1 Å². The molecule has 0 atom stereocenters. The average Bonchev–Trinajstić information content (AvgIpc) is 2.82. The molecule has 0 saturated heterocycles. The number of hydrogen-bond donors (Lipinski definition) is 0.